The topological polar surface area (TPSA) is 133 Å². The molecule has 0 saturated carbocycles. The second-order valence-corrected chi connectivity index (χ2v) is 7.22. The van der Waals surface area contributed by atoms with Crippen LogP contribution in [0.3, 0.4) is 0 Å². The zero-order chi connectivity index (χ0) is 18.6. The van der Waals surface area contributed by atoms with Gasteiger partial charge in [-0.25, -0.2) is 9.02 Å². The molecule has 0 aliphatic heterocycles. The number of aromatic nitrogens is 2. The predicted molar refractivity (Wildman–Crippen MR) is 90.2 cm³/mol. The van der Waals surface area contributed by atoms with Crippen LogP contribution in [0.2, 0.25) is 5.02 Å². The molecule has 2 rings (SSSR count). The van der Waals surface area contributed by atoms with E-state index in [0.29, 0.717) is 5.69 Å². The minimum atomic E-state index is -3.73. The normalized spacial score (nSPS) is 11.7. The molecule has 2 aromatic rings. The van der Waals surface area contributed by atoms with Crippen LogP contribution in [-0.2, 0) is 16.8 Å². The van der Waals surface area contributed by atoms with E-state index in [1.54, 1.807) is 13.8 Å². The van der Waals surface area contributed by atoms with Crippen molar-refractivity contribution >= 4 is 33.3 Å². The lowest BCUT2D eigenvalue weighted by Gasteiger charge is -2.10. The molecule has 25 heavy (non-hydrogen) atoms. The van der Waals surface area contributed by atoms with Crippen molar-refractivity contribution in [1.29, 1.82) is 5.41 Å². The largest absolute Gasteiger partial charge is 0.339 e. The van der Waals surface area contributed by atoms with Crippen molar-refractivity contribution in [1.82, 2.24) is 19.8 Å². The molecule has 4 N–H and O–H groups in total. The van der Waals surface area contributed by atoms with Gasteiger partial charge in [0.15, 0.2) is 11.5 Å². The van der Waals surface area contributed by atoms with Gasteiger partial charge >= 0.3 is 0 Å². The summed E-state index contributed by atoms with van der Waals surface area (Å²) in [7, 11) is -3.73. The average molecular weight is 391 g/mol. The Hall–Kier alpha value is -2.08. The molecule has 0 amide bonds. The maximum atomic E-state index is 13.2. The fourth-order valence-corrected chi connectivity index (χ4v) is 3.02. The third kappa shape index (κ3) is 5.46. The summed E-state index contributed by atoms with van der Waals surface area (Å²) < 4.78 is 45.9. The van der Waals surface area contributed by atoms with Crippen molar-refractivity contribution in [3.63, 3.8) is 0 Å². The van der Waals surface area contributed by atoms with E-state index in [1.165, 1.54) is 12.1 Å². The van der Waals surface area contributed by atoms with E-state index >= 15 is 0 Å². The molecule has 0 spiro atoms. The predicted octanol–water partition coefficient (Wildman–Crippen LogP) is 1.63. The Kier molecular flexibility index (Phi) is 6.06. The third-order valence-electron chi connectivity index (χ3n) is 2.80. The van der Waals surface area contributed by atoms with Gasteiger partial charge in [0.25, 0.3) is 10.2 Å². The highest BCUT2D eigenvalue weighted by Gasteiger charge is 2.19. The first-order valence-electron chi connectivity index (χ1n) is 7.07. The fraction of sp³-hybridized carbons (Fsp3) is 0.308. The smallest absolute Gasteiger partial charge is 0.277 e. The van der Waals surface area contributed by atoms with Crippen LogP contribution in [0.5, 0.6) is 0 Å². The summed E-state index contributed by atoms with van der Waals surface area (Å²) in [6, 6.07) is 3.55. The molecule has 1 aromatic carbocycles. The van der Waals surface area contributed by atoms with E-state index in [-0.39, 0.29) is 34.8 Å². The molecule has 0 atom stereocenters. The number of benzene rings is 1. The van der Waals surface area contributed by atoms with Crippen LogP contribution in [-0.4, -0.2) is 30.6 Å². The van der Waals surface area contributed by atoms with Gasteiger partial charge in [0.1, 0.15) is 11.5 Å². The Balaban J connectivity index is 2.07. The molecule has 136 valence electrons. The van der Waals surface area contributed by atoms with Crippen molar-refractivity contribution in [3.8, 4) is 0 Å². The summed E-state index contributed by atoms with van der Waals surface area (Å²) in [5, 5.41) is 17.7. The summed E-state index contributed by atoms with van der Waals surface area (Å²) in [5.74, 6) is -0.801. The quantitative estimate of drug-likeness (QED) is 0.419. The van der Waals surface area contributed by atoms with Gasteiger partial charge in [-0.2, -0.15) is 17.9 Å². The number of hydrogen-bond donors (Lipinski definition) is 4. The standard InChI is InChI=1S/C13H16ClFN6O3S/c1-7(2)21-25(22,23)17-6-11-12(20-24-19-11)13(16)18-8-3-4-10(15)9(14)5-8/h3-5,7,17,21H,6H2,1-2H3,(H2,16,18). The minimum Gasteiger partial charge on any atom is -0.339 e. The van der Waals surface area contributed by atoms with Gasteiger partial charge in [0, 0.05) is 11.7 Å². The van der Waals surface area contributed by atoms with Crippen molar-refractivity contribution in [2.24, 2.45) is 0 Å². The molecule has 9 nitrogen and oxygen atoms in total. The summed E-state index contributed by atoms with van der Waals surface area (Å²) in [5.41, 5.74) is 0.472. The third-order valence-corrected chi connectivity index (χ3v) is 4.40. The van der Waals surface area contributed by atoms with Crippen LogP contribution in [0, 0.1) is 11.2 Å². The Morgan fingerprint density at radius 1 is 1.40 bits per heavy atom. The molecular formula is C13H16ClFN6O3S. The van der Waals surface area contributed by atoms with Crippen molar-refractivity contribution in [3.05, 3.63) is 40.4 Å². The van der Waals surface area contributed by atoms with Gasteiger partial charge in [0.05, 0.1) is 11.6 Å². The van der Waals surface area contributed by atoms with E-state index < -0.39 is 16.0 Å². The van der Waals surface area contributed by atoms with Crippen molar-refractivity contribution in [2.75, 3.05) is 5.32 Å². The lowest BCUT2D eigenvalue weighted by molar-refractivity contribution is 0.302. The maximum absolute atomic E-state index is 13.2. The number of rotatable bonds is 7. The first-order valence-corrected chi connectivity index (χ1v) is 8.93. The van der Waals surface area contributed by atoms with E-state index in [0.717, 1.165) is 6.07 Å². The molecule has 0 aliphatic carbocycles. The van der Waals surface area contributed by atoms with Crippen molar-refractivity contribution in [2.45, 2.75) is 26.4 Å². The van der Waals surface area contributed by atoms with Crippen LogP contribution >= 0.6 is 11.6 Å². The Morgan fingerprint density at radius 2 is 2.12 bits per heavy atom. The molecule has 0 aliphatic rings. The molecule has 0 bridgehead atoms. The van der Waals surface area contributed by atoms with Crippen LogP contribution in [0.4, 0.5) is 10.1 Å². The molecule has 0 saturated heterocycles. The molecule has 1 heterocycles. The van der Waals surface area contributed by atoms with Gasteiger partial charge in [0.2, 0.25) is 0 Å². The first kappa shape index (κ1) is 19.2. The summed E-state index contributed by atoms with van der Waals surface area (Å²) in [6.45, 7) is 3.13. The number of anilines is 1. The SMILES string of the molecule is CC(C)NS(=O)(=O)NCc1nonc1C(=N)Nc1ccc(F)c(Cl)c1. The summed E-state index contributed by atoms with van der Waals surface area (Å²) >= 11 is 5.68. The minimum absolute atomic E-state index is 0.00712. The van der Waals surface area contributed by atoms with E-state index in [4.69, 9.17) is 17.0 Å². The lowest BCUT2D eigenvalue weighted by atomic mass is 10.2. The lowest BCUT2D eigenvalue weighted by Crippen LogP contribution is -2.40. The number of nitrogens with zero attached hydrogens (tertiary/aromatic N) is 2. The average Bonchev–Trinajstić information content (AvgIpc) is 2.96. The van der Waals surface area contributed by atoms with Crippen LogP contribution in [0.1, 0.15) is 25.2 Å². The fourth-order valence-electron chi connectivity index (χ4n) is 1.81. The summed E-state index contributed by atoms with van der Waals surface area (Å²) in [6.07, 6.45) is 0. The van der Waals surface area contributed by atoms with Crippen LogP contribution < -0.4 is 14.8 Å². The first-order chi connectivity index (χ1) is 11.7. The molecular weight excluding hydrogens is 375 g/mol. The number of halogens is 2. The summed E-state index contributed by atoms with van der Waals surface area (Å²) in [4.78, 5) is 0. The molecule has 0 unspecified atom stereocenters. The van der Waals surface area contributed by atoms with Gasteiger partial charge in [-0.1, -0.05) is 16.8 Å². The number of nitrogens with one attached hydrogen (secondary N) is 4. The van der Waals surface area contributed by atoms with Gasteiger partial charge < -0.3 is 5.32 Å². The van der Waals surface area contributed by atoms with E-state index in [2.05, 4.69) is 29.7 Å². The van der Waals surface area contributed by atoms with E-state index in [9.17, 15) is 12.8 Å². The zero-order valence-corrected chi connectivity index (χ0v) is 14.9. The Morgan fingerprint density at radius 3 is 2.76 bits per heavy atom. The van der Waals surface area contributed by atoms with Crippen molar-refractivity contribution < 1.29 is 17.4 Å². The van der Waals surface area contributed by atoms with Crippen LogP contribution in [0.15, 0.2) is 22.8 Å². The maximum Gasteiger partial charge on any atom is 0.277 e. The molecule has 12 heteroatoms. The molecule has 0 fully saturated rings. The molecule has 0 radical (unpaired) electrons. The zero-order valence-electron chi connectivity index (χ0n) is 13.3. The highest BCUT2D eigenvalue weighted by atomic mass is 35.5. The monoisotopic (exact) mass is 390 g/mol. The Bertz CT molecular complexity index is 870. The van der Waals surface area contributed by atoms with Gasteiger partial charge in [-0.05, 0) is 37.2 Å². The number of amidine groups is 1. The van der Waals surface area contributed by atoms with E-state index in [1.807, 2.05) is 0 Å². The molecule has 1 aromatic heterocycles. The highest BCUT2D eigenvalue weighted by Crippen LogP contribution is 2.20. The highest BCUT2D eigenvalue weighted by molar-refractivity contribution is 7.87. The van der Waals surface area contributed by atoms with Crippen LogP contribution in [0.25, 0.3) is 0 Å². The second-order valence-electron chi connectivity index (χ2n) is 5.29. The van der Waals surface area contributed by atoms with Gasteiger partial charge in [-0.3, -0.25) is 5.41 Å². The number of hydrogen-bond acceptors (Lipinski definition) is 6. The second kappa shape index (κ2) is 7.87. The van der Waals surface area contributed by atoms with Gasteiger partial charge in [-0.15, -0.1) is 0 Å². The Labute approximate surface area is 148 Å².